The number of hydrogen-bond acceptors (Lipinski definition) is 6. The van der Waals surface area contributed by atoms with Crippen LogP contribution in [0.1, 0.15) is 25.1 Å². The van der Waals surface area contributed by atoms with Crippen molar-refractivity contribution in [3.05, 3.63) is 41.6 Å². The second-order valence-corrected chi connectivity index (χ2v) is 5.43. The quantitative estimate of drug-likeness (QED) is 0.626. The molecule has 1 heterocycles. The van der Waals surface area contributed by atoms with Crippen molar-refractivity contribution in [1.82, 2.24) is 14.5 Å². The van der Waals surface area contributed by atoms with Crippen LogP contribution in [0.4, 0.5) is 5.00 Å². The molecule has 19 heavy (non-hydrogen) atoms. The van der Waals surface area contributed by atoms with E-state index in [2.05, 4.69) is 58.0 Å². The highest BCUT2D eigenvalue weighted by atomic mass is 32.1. The minimum Gasteiger partial charge on any atom is -0.313 e. The van der Waals surface area contributed by atoms with Crippen molar-refractivity contribution in [3.63, 3.8) is 0 Å². The van der Waals surface area contributed by atoms with Gasteiger partial charge in [0, 0.05) is 30.7 Å². The number of aromatic nitrogens is 2. The molecule has 3 N–H and O–H groups in total. The lowest BCUT2D eigenvalue weighted by molar-refractivity contribution is 0.201. The molecule has 0 spiro atoms. The lowest BCUT2D eigenvalue weighted by atomic mass is 10.2. The Morgan fingerprint density at radius 3 is 2.63 bits per heavy atom. The maximum Gasteiger partial charge on any atom is 0.148 e. The van der Waals surface area contributed by atoms with Crippen molar-refractivity contribution in [3.8, 4) is 0 Å². The Bertz CT molecular complexity index is 497. The van der Waals surface area contributed by atoms with Gasteiger partial charge in [0.1, 0.15) is 10.7 Å². The van der Waals surface area contributed by atoms with Crippen LogP contribution in [0.25, 0.3) is 0 Å². The first-order valence-corrected chi connectivity index (χ1v) is 7.04. The molecule has 0 bridgehead atoms. The van der Waals surface area contributed by atoms with Gasteiger partial charge in [-0.25, -0.2) is 5.84 Å². The Hall–Kier alpha value is -1.50. The van der Waals surface area contributed by atoms with Crippen molar-refractivity contribution in [2.24, 2.45) is 5.84 Å². The highest BCUT2D eigenvalue weighted by Crippen LogP contribution is 2.20. The van der Waals surface area contributed by atoms with Gasteiger partial charge in [-0.05, 0) is 19.4 Å². The fourth-order valence-electron chi connectivity index (χ4n) is 1.85. The molecule has 0 unspecified atom stereocenters. The molecule has 2 aromatic rings. The largest absolute Gasteiger partial charge is 0.313 e. The van der Waals surface area contributed by atoms with Gasteiger partial charge in [-0.2, -0.15) is 0 Å². The first-order chi connectivity index (χ1) is 9.20. The van der Waals surface area contributed by atoms with Crippen LogP contribution >= 0.6 is 11.5 Å². The standard InChI is InChI=1S/C13H19N5S/c1-10(2)18(8-11-6-4-3-5-7-11)9-12-13(15-14)19-17-16-12/h3-7,10,15H,8-9,14H2,1-2H3. The molecule has 0 saturated carbocycles. The monoisotopic (exact) mass is 277 g/mol. The summed E-state index contributed by atoms with van der Waals surface area (Å²) in [6, 6.07) is 10.8. The lowest BCUT2D eigenvalue weighted by Crippen LogP contribution is -2.30. The molecule has 2 rings (SSSR count). The Labute approximate surface area is 117 Å². The Morgan fingerprint density at radius 1 is 1.26 bits per heavy atom. The van der Waals surface area contributed by atoms with Crippen molar-refractivity contribution in [1.29, 1.82) is 0 Å². The lowest BCUT2D eigenvalue weighted by Gasteiger charge is -2.25. The van der Waals surface area contributed by atoms with Gasteiger partial charge >= 0.3 is 0 Å². The van der Waals surface area contributed by atoms with Crippen LogP contribution < -0.4 is 11.3 Å². The first kappa shape index (κ1) is 13.9. The van der Waals surface area contributed by atoms with E-state index in [0.717, 1.165) is 23.8 Å². The van der Waals surface area contributed by atoms with E-state index in [-0.39, 0.29) is 0 Å². The molecule has 1 aromatic carbocycles. The number of nitrogen functional groups attached to an aromatic ring is 1. The molecule has 0 aliphatic heterocycles. The molecule has 0 atom stereocenters. The van der Waals surface area contributed by atoms with Crippen molar-refractivity contribution in [2.45, 2.75) is 33.0 Å². The molecule has 5 nitrogen and oxygen atoms in total. The third kappa shape index (κ3) is 3.73. The van der Waals surface area contributed by atoms with E-state index in [1.54, 1.807) is 0 Å². The van der Waals surface area contributed by atoms with E-state index in [0.29, 0.717) is 6.04 Å². The van der Waals surface area contributed by atoms with Gasteiger partial charge in [0.25, 0.3) is 0 Å². The molecule has 102 valence electrons. The Kier molecular flexibility index (Phi) is 4.84. The summed E-state index contributed by atoms with van der Waals surface area (Å²) in [6.07, 6.45) is 0. The van der Waals surface area contributed by atoms with E-state index in [9.17, 15) is 0 Å². The van der Waals surface area contributed by atoms with E-state index in [4.69, 9.17) is 5.84 Å². The third-order valence-electron chi connectivity index (χ3n) is 3.00. The van der Waals surface area contributed by atoms with Gasteiger partial charge in [-0.15, -0.1) is 5.10 Å². The van der Waals surface area contributed by atoms with E-state index in [1.807, 2.05) is 6.07 Å². The summed E-state index contributed by atoms with van der Waals surface area (Å²) in [7, 11) is 0. The van der Waals surface area contributed by atoms with Crippen LogP contribution in [0, 0.1) is 0 Å². The van der Waals surface area contributed by atoms with Crippen LogP contribution in [0.5, 0.6) is 0 Å². The minimum atomic E-state index is 0.424. The summed E-state index contributed by atoms with van der Waals surface area (Å²) >= 11 is 1.29. The fourth-order valence-corrected chi connectivity index (χ4v) is 2.34. The van der Waals surface area contributed by atoms with Crippen LogP contribution in [-0.2, 0) is 13.1 Å². The number of anilines is 1. The number of rotatable bonds is 6. The summed E-state index contributed by atoms with van der Waals surface area (Å²) in [5, 5.41) is 4.97. The van der Waals surface area contributed by atoms with E-state index >= 15 is 0 Å². The second kappa shape index (κ2) is 6.60. The predicted molar refractivity (Wildman–Crippen MR) is 78.5 cm³/mol. The van der Waals surface area contributed by atoms with Gasteiger partial charge < -0.3 is 5.43 Å². The molecular weight excluding hydrogens is 258 g/mol. The summed E-state index contributed by atoms with van der Waals surface area (Å²) in [6.45, 7) is 5.99. The highest BCUT2D eigenvalue weighted by molar-refractivity contribution is 7.10. The van der Waals surface area contributed by atoms with Crippen LogP contribution in [0.2, 0.25) is 0 Å². The van der Waals surface area contributed by atoms with E-state index in [1.165, 1.54) is 17.1 Å². The molecule has 0 aliphatic carbocycles. The average Bonchev–Trinajstić information content (AvgIpc) is 2.86. The number of nitrogens with zero attached hydrogens (tertiary/aromatic N) is 3. The smallest absolute Gasteiger partial charge is 0.148 e. The molecule has 0 radical (unpaired) electrons. The van der Waals surface area contributed by atoms with Crippen LogP contribution in [0.15, 0.2) is 30.3 Å². The van der Waals surface area contributed by atoms with Gasteiger partial charge in [0.2, 0.25) is 0 Å². The van der Waals surface area contributed by atoms with Gasteiger partial charge in [0.05, 0.1) is 0 Å². The van der Waals surface area contributed by atoms with Gasteiger partial charge in [0.15, 0.2) is 0 Å². The topological polar surface area (TPSA) is 67.1 Å². The molecule has 0 aliphatic rings. The summed E-state index contributed by atoms with van der Waals surface area (Å²) in [5.41, 5.74) is 4.84. The van der Waals surface area contributed by atoms with Crippen molar-refractivity contribution in [2.75, 3.05) is 5.43 Å². The van der Waals surface area contributed by atoms with Crippen molar-refractivity contribution >= 4 is 16.5 Å². The Morgan fingerprint density at radius 2 is 2.00 bits per heavy atom. The molecule has 1 aromatic heterocycles. The van der Waals surface area contributed by atoms with Crippen molar-refractivity contribution < 1.29 is 0 Å². The second-order valence-electron chi connectivity index (χ2n) is 4.68. The fraction of sp³-hybridized carbons (Fsp3) is 0.385. The maximum absolute atomic E-state index is 5.46. The summed E-state index contributed by atoms with van der Waals surface area (Å²) in [5.74, 6) is 5.46. The van der Waals surface area contributed by atoms with E-state index < -0.39 is 0 Å². The summed E-state index contributed by atoms with van der Waals surface area (Å²) in [4.78, 5) is 2.34. The number of nitrogens with two attached hydrogens (primary N) is 1. The highest BCUT2D eigenvalue weighted by Gasteiger charge is 2.15. The molecule has 6 heteroatoms. The number of benzene rings is 1. The normalized spacial score (nSPS) is 11.2. The zero-order valence-corrected chi connectivity index (χ0v) is 12.0. The maximum atomic E-state index is 5.46. The Balaban J connectivity index is 2.09. The predicted octanol–water partition coefficient (Wildman–Crippen LogP) is 2.23. The minimum absolute atomic E-state index is 0.424. The number of hydrogen-bond donors (Lipinski definition) is 2. The van der Waals surface area contributed by atoms with Gasteiger partial charge in [-0.3, -0.25) is 4.90 Å². The zero-order valence-electron chi connectivity index (χ0n) is 11.2. The molecule has 0 amide bonds. The molecule has 0 fully saturated rings. The SMILES string of the molecule is CC(C)N(Cc1ccccc1)Cc1nnsc1NN. The van der Waals surface area contributed by atoms with Crippen LogP contribution in [-0.4, -0.2) is 20.5 Å². The summed E-state index contributed by atoms with van der Waals surface area (Å²) < 4.78 is 3.93. The molecule has 0 saturated heterocycles. The third-order valence-corrected chi connectivity index (χ3v) is 3.70. The number of nitrogens with one attached hydrogen (secondary N) is 1. The average molecular weight is 277 g/mol. The van der Waals surface area contributed by atoms with Gasteiger partial charge in [-0.1, -0.05) is 34.8 Å². The number of hydrazine groups is 1. The first-order valence-electron chi connectivity index (χ1n) is 6.26. The zero-order chi connectivity index (χ0) is 13.7. The molecular formula is C13H19N5S. The van der Waals surface area contributed by atoms with Crippen LogP contribution in [0.3, 0.4) is 0 Å².